The lowest BCUT2D eigenvalue weighted by Gasteiger charge is -2.17. The van der Waals surface area contributed by atoms with Gasteiger partial charge in [0, 0.05) is 30.6 Å². The number of aromatic nitrogens is 1. The number of hydrogen-bond acceptors (Lipinski definition) is 2. The lowest BCUT2D eigenvalue weighted by molar-refractivity contribution is 0.303. The van der Waals surface area contributed by atoms with Crippen molar-refractivity contribution in [1.29, 1.82) is 0 Å². The van der Waals surface area contributed by atoms with E-state index in [4.69, 9.17) is 11.6 Å². The average Bonchev–Trinajstić information content (AvgIpc) is 3.00. The summed E-state index contributed by atoms with van der Waals surface area (Å²) in [5.41, 5.74) is 2.16. The molecule has 0 radical (unpaired) electrons. The lowest BCUT2D eigenvalue weighted by atomic mass is 10.0. The maximum atomic E-state index is 6.36. The number of benzene rings is 1. The van der Waals surface area contributed by atoms with Crippen molar-refractivity contribution >= 4 is 22.5 Å². The second-order valence-electron chi connectivity index (χ2n) is 6.28. The number of halogens is 1. The molecule has 0 N–H and O–H groups in total. The normalized spacial score (nSPS) is 26.2. The van der Waals surface area contributed by atoms with Gasteiger partial charge in [0.2, 0.25) is 0 Å². The predicted octanol–water partition coefficient (Wildman–Crippen LogP) is 4.12. The van der Waals surface area contributed by atoms with Crippen molar-refractivity contribution in [3.8, 4) is 0 Å². The maximum absolute atomic E-state index is 6.36. The molecule has 2 heterocycles. The van der Waals surface area contributed by atoms with Crippen LogP contribution in [0.1, 0.15) is 24.8 Å². The lowest BCUT2D eigenvalue weighted by Crippen LogP contribution is -2.21. The molecular formula is C17H19ClN2. The van der Waals surface area contributed by atoms with Crippen LogP contribution in [0.3, 0.4) is 0 Å². The van der Waals surface area contributed by atoms with Gasteiger partial charge in [0.05, 0.1) is 5.52 Å². The van der Waals surface area contributed by atoms with Gasteiger partial charge < -0.3 is 0 Å². The molecule has 0 spiro atoms. The zero-order valence-electron chi connectivity index (χ0n) is 11.6. The van der Waals surface area contributed by atoms with Crippen LogP contribution < -0.4 is 0 Å². The summed E-state index contributed by atoms with van der Waals surface area (Å²) in [6.07, 6.45) is 4.27. The summed E-state index contributed by atoms with van der Waals surface area (Å²) >= 11 is 6.36. The fourth-order valence-electron chi connectivity index (χ4n) is 3.95. The number of likely N-dealkylation sites (tertiary alicyclic amines) is 1. The van der Waals surface area contributed by atoms with Gasteiger partial charge in [-0.15, -0.1) is 0 Å². The highest BCUT2D eigenvalue weighted by Crippen LogP contribution is 2.38. The Labute approximate surface area is 124 Å². The molecule has 0 bridgehead atoms. The zero-order chi connectivity index (χ0) is 13.5. The van der Waals surface area contributed by atoms with Crippen LogP contribution in [0.5, 0.6) is 0 Å². The molecule has 20 heavy (non-hydrogen) atoms. The molecule has 1 saturated carbocycles. The summed E-state index contributed by atoms with van der Waals surface area (Å²) < 4.78 is 0. The third-order valence-corrected chi connectivity index (χ3v) is 5.27. The third-order valence-electron chi connectivity index (χ3n) is 4.95. The fourth-order valence-corrected chi connectivity index (χ4v) is 4.15. The fraction of sp³-hybridized carbons (Fsp3) is 0.471. The first-order valence-corrected chi connectivity index (χ1v) is 7.94. The number of hydrogen-bond donors (Lipinski definition) is 0. The van der Waals surface area contributed by atoms with Crippen molar-refractivity contribution in [3.05, 3.63) is 41.0 Å². The van der Waals surface area contributed by atoms with E-state index in [-0.39, 0.29) is 0 Å². The van der Waals surface area contributed by atoms with E-state index in [1.807, 2.05) is 12.1 Å². The molecule has 1 aliphatic carbocycles. The molecule has 104 valence electrons. The summed E-state index contributed by atoms with van der Waals surface area (Å²) in [5, 5.41) is 1.85. The maximum Gasteiger partial charge on any atom is 0.134 e. The SMILES string of the molecule is Clc1nc2ccccc2cc1CN1CC2CCCC2C1. The highest BCUT2D eigenvalue weighted by Gasteiger charge is 2.35. The molecule has 0 amide bonds. The van der Waals surface area contributed by atoms with Crippen LogP contribution in [-0.2, 0) is 6.54 Å². The molecule has 2 atom stereocenters. The van der Waals surface area contributed by atoms with Gasteiger partial charge in [-0.25, -0.2) is 4.98 Å². The Morgan fingerprint density at radius 3 is 2.70 bits per heavy atom. The van der Waals surface area contributed by atoms with Crippen molar-refractivity contribution in [1.82, 2.24) is 9.88 Å². The summed E-state index contributed by atoms with van der Waals surface area (Å²) in [4.78, 5) is 7.09. The number of para-hydroxylation sites is 1. The van der Waals surface area contributed by atoms with Crippen molar-refractivity contribution in [2.75, 3.05) is 13.1 Å². The molecule has 3 heteroatoms. The Balaban J connectivity index is 1.58. The van der Waals surface area contributed by atoms with E-state index in [9.17, 15) is 0 Å². The van der Waals surface area contributed by atoms with E-state index in [2.05, 4.69) is 28.1 Å². The van der Waals surface area contributed by atoms with Crippen LogP contribution in [0.4, 0.5) is 0 Å². The number of pyridine rings is 1. The Kier molecular flexibility index (Phi) is 3.16. The molecule has 4 rings (SSSR count). The molecule has 1 aliphatic heterocycles. The van der Waals surface area contributed by atoms with E-state index in [0.29, 0.717) is 5.15 Å². The molecule has 2 aliphatic rings. The first-order valence-electron chi connectivity index (χ1n) is 7.56. The van der Waals surface area contributed by atoms with Crippen LogP contribution >= 0.6 is 11.6 Å². The average molecular weight is 287 g/mol. The zero-order valence-corrected chi connectivity index (χ0v) is 12.3. The standard InChI is InChI=1S/C17H19ClN2/c18-17-15(8-12-4-1-2-7-16(12)19-17)11-20-9-13-5-3-6-14(13)10-20/h1-2,4,7-8,13-14H,3,5-6,9-11H2. The van der Waals surface area contributed by atoms with Crippen LogP contribution in [0.2, 0.25) is 5.15 Å². The molecule has 2 fully saturated rings. The molecule has 1 aromatic carbocycles. The first kappa shape index (κ1) is 12.6. The highest BCUT2D eigenvalue weighted by molar-refractivity contribution is 6.30. The van der Waals surface area contributed by atoms with Crippen LogP contribution in [0.25, 0.3) is 10.9 Å². The summed E-state index contributed by atoms with van der Waals surface area (Å²) in [6.45, 7) is 3.44. The van der Waals surface area contributed by atoms with Crippen molar-refractivity contribution in [2.24, 2.45) is 11.8 Å². The third kappa shape index (κ3) is 2.21. The number of rotatable bonds is 2. The van der Waals surface area contributed by atoms with E-state index in [0.717, 1.165) is 23.9 Å². The molecule has 2 nitrogen and oxygen atoms in total. The summed E-state index contributed by atoms with van der Waals surface area (Å²) in [6, 6.07) is 10.4. The monoisotopic (exact) mass is 286 g/mol. The van der Waals surface area contributed by atoms with Crippen molar-refractivity contribution in [2.45, 2.75) is 25.8 Å². The van der Waals surface area contributed by atoms with Crippen LogP contribution in [-0.4, -0.2) is 23.0 Å². The minimum Gasteiger partial charge on any atom is -0.298 e. The first-order chi connectivity index (χ1) is 9.79. The van der Waals surface area contributed by atoms with Gasteiger partial charge in [-0.05, 0) is 36.8 Å². The van der Waals surface area contributed by atoms with Gasteiger partial charge in [0.1, 0.15) is 5.15 Å². The largest absolute Gasteiger partial charge is 0.298 e. The minimum absolute atomic E-state index is 0.667. The molecule has 1 aromatic heterocycles. The van der Waals surface area contributed by atoms with Gasteiger partial charge in [0.25, 0.3) is 0 Å². The summed E-state index contributed by atoms with van der Waals surface area (Å²) in [5.74, 6) is 1.87. The van der Waals surface area contributed by atoms with Crippen LogP contribution in [0.15, 0.2) is 30.3 Å². The van der Waals surface area contributed by atoms with E-state index in [1.54, 1.807) is 0 Å². The second-order valence-corrected chi connectivity index (χ2v) is 6.63. The van der Waals surface area contributed by atoms with Crippen molar-refractivity contribution < 1.29 is 0 Å². The molecule has 2 aromatic rings. The van der Waals surface area contributed by atoms with Gasteiger partial charge in [-0.2, -0.15) is 0 Å². The topological polar surface area (TPSA) is 16.1 Å². The summed E-state index contributed by atoms with van der Waals surface area (Å²) in [7, 11) is 0. The Hall–Kier alpha value is -1.12. The smallest absolute Gasteiger partial charge is 0.134 e. The Bertz CT molecular complexity index is 628. The second kappa shape index (κ2) is 5.01. The van der Waals surface area contributed by atoms with Gasteiger partial charge in [0.15, 0.2) is 0 Å². The Morgan fingerprint density at radius 2 is 1.90 bits per heavy atom. The predicted molar refractivity (Wildman–Crippen MR) is 82.9 cm³/mol. The number of fused-ring (bicyclic) bond motifs is 2. The highest BCUT2D eigenvalue weighted by atomic mass is 35.5. The van der Waals surface area contributed by atoms with Gasteiger partial charge in [-0.1, -0.05) is 36.2 Å². The molecular weight excluding hydrogens is 268 g/mol. The molecule has 1 saturated heterocycles. The van der Waals surface area contributed by atoms with E-state index in [1.165, 1.54) is 43.3 Å². The number of nitrogens with zero attached hydrogens (tertiary/aromatic N) is 2. The van der Waals surface area contributed by atoms with E-state index < -0.39 is 0 Å². The minimum atomic E-state index is 0.667. The molecule has 2 unspecified atom stereocenters. The Morgan fingerprint density at radius 1 is 1.15 bits per heavy atom. The van der Waals surface area contributed by atoms with E-state index >= 15 is 0 Å². The van der Waals surface area contributed by atoms with Gasteiger partial charge >= 0.3 is 0 Å². The van der Waals surface area contributed by atoms with Crippen LogP contribution in [0, 0.1) is 11.8 Å². The quantitative estimate of drug-likeness (QED) is 0.772. The van der Waals surface area contributed by atoms with Crippen molar-refractivity contribution in [3.63, 3.8) is 0 Å². The van der Waals surface area contributed by atoms with Gasteiger partial charge in [-0.3, -0.25) is 4.90 Å².